The van der Waals surface area contributed by atoms with Crippen LogP contribution in [0.1, 0.15) is 38.8 Å². The van der Waals surface area contributed by atoms with E-state index in [4.69, 9.17) is 11.6 Å². The first-order chi connectivity index (χ1) is 8.49. The van der Waals surface area contributed by atoms with Crippen LogP contribution in [-0.2, 0) is 0 Å². The Labute approximate surface area is 115 Å². The topological polar surface area (TPSA) is 0 Å². The minimum absolute atomic E-state index is 0.0656. The molecule has 0 aliphatic heterocycles. The van der Waals surface area contributed by atoms with Crippen LogP contribution in [0, 0.1) is 27.7 Å². The van der Waals surface area contributed by atoms with Gasteiger partial charge in [-0.1, -0.05) is 42.0 Å². The van der Waals surface area contributed by atoms with Gasteiger partial charge in [-0.15, -0.1) is 11.6 Å². The molecule has 0 radical (unpaired) electrons. The summed E-state index contributed by atoms with van der Waals surface area (Å²) in [7, 11) is 0. The second-order valence-corrected chi connectivity index (χ2v) is 5.50. The van der Waals surface area contributed by atoms with E-state index in [1.807, 2.05) is 0 Å². The smallest absolute Gasteiger partial charge is 0.0838 e. The molecular weight excluding hydrogens is 240 g/mol. The van der Waals surface area contributed by atoms with Crippen molar-refractivity contribution in [1.29, 1.82) is 0 Å². The Kier molecular flexibility index (Phi) is 3.77. The van der Waals surface area contributed by atoms with Gasteiger partial charge in [0.05, 0.1) is 5.38 Å². The van der Waals surface area contributed by atoms with Crippen molar-refractivity contribution in [2.75, 3.05) is 0 Å². The molecule has 0 fully saturated rings. The van der Waals surface area contributed by atoms with Gasteiger partial charge in [-0.3, -0.25) is 0 Å². The van der Waals surface area contributed by atoms with Crippen molar-refractivity contribution in [3.63, 3.8) is 0 Å². The summed E-state index contributed by atoms with van der Waals surface area (Å²) in [6.07, 6.45) is 0. The highest BCUT2D eigenvalue weighted by Crippen LogP contribution is 2.32. The first-order valence-corrected chi connectivity index (χ1v) is 6.71. The van der Waals surface area contributed by atoms with Gasteiger partial charge in [-0.25, -0.2) is 0 Å². The first kappa shape index (κ1) is 13.2. The van der Waals surface area contributed by atoms with Gasteiger partial charge >= 0.3 is 0 Å². The Morgan fingerprint density at radius 3 is 2.11 bits per heavy atom. The van der Waals surface area contributed by atoms with Crippen molar-refractivity contribution in [2.45, 2.75) is 33.1 Å². The highest BCUT2D eigenvalue weighted by molar-refractivity contribution is 6.22. The quantitative estimate of drug-likeness (QED) is 0.646. The van der Waals surface area contributed by atoms with E-state index in [1.54, 1.807) is 0 Å². The van der Waals surface area contributed by atoms with Crippen LogP contribution in [0.5, 0.6) is 0 Å². The zero-order chi connectivity index (χ0) is 13.3. The van der Waals surface area contributed by atoms with Crippen molar-refractivity contribution in [3.8, 4) is 0 Å². The SMILES string of the molecule is Cc1ccc(C)c(C(Cl)c2ccc(C)c(C)c2)c1. The highest BCUT2D eigenvalue weighted by atomic mass is 35.5. The van der Waals surface area contributed by atoms with Gasteiger partial charge in [0.1, 0.15) is 0 Å². The number of hydrogen-bond acceptors (Lipinski definition) is 0. The molecule has 0 N–H and O–H groups in total. The van der Waals surface area contributed by atoms with E-state index in [1.165, 1.54) is 33.4 Å². The number of hydrogen-bond donors (Lipinski definition) is 0. The lowest BCUT2D eigenvalue weighted by Crippen LogP contribution is -1.98. The van der Waals surface area contributed by atoms with Gasteiger partial charge in [0.15, 0.2) is 0 Å². The molecule has 0 aliphatic rings. The van der Waals surface area contributed by atoms with Crippen molar-refractivity contribution in [2.24, 2.45) is 0 Å². The highest BCUT2D eigenvalue weighted by Gasteiger charge is 2.13. The molecule has 2 rings (SSSR count). The summed E-state index contributed by atoms with van der Waals surface area (Å²) >= 11 is 6.63. The number of benzene rings is 2. The lowest BCUT2D eigenvalue weighted by atomic mass is 9.96. The van der Waals surface area contributed by atoms with Crippen LogP contribution in [-0.4, -0.2) is 0 Å². The van der Waals surface area contributed by atoms with E-state index in [2.05, 4.69) is 64.1 Å². The standard InChI is InChI=1S/C17H19Cl/c1-11-5-6-13(3)16(9-11)17(18)15-8-7-12(2)14(4)10-15/h5-10,17H,1-4H3. The Hall–Kier alpha value is -1.27. The predicted molar refractivity (Wildman–Crippen MR) is 79.5 cm³/mol. The van der Waals surface area contributed by atoms with Crippen LogP contribution in [0.4, 0.5) is 0 Å². The molecule has 0 nitrogen and oxygen atoms in total. The molecule has 94 valence electrons. The van der Waals surface area contributed by atoms with Crippen LogP contribution in [0.3, 0.4) is 0 Å². The van der Waals surface area contributed by atoms with Crippen LogP contribution in [0.15, 0.2) is 36.4 Å². The van der Waals surface area contributed by atoms with Crippen LogP contribution in [0.2, 0.25) is 0 Å². The molecule has 0 saturated heterocycles. The molecule has 18 heavy (non-hydrogen) atoms. The van der Waals surface area contributed by atoms with Crippen molar-refractivity contribution in [1.82, 2.24) is 0 Å². The molecule has 0 heterocycles. The van der Waals surface area contributed by atoms with E-state index in [0.717, 1.165) is 0 Å². The Morgan fingerprint density at radius 2 is 1.44 bits per heavy atom. The monoisotopic (exact) mass is 258 g/mol. The minimum Gasteiger partial charge on any atom is -0.113 e. The van der Waals surface area contributed by atoms with Crippen molar-refractivity contribution in [3.05, 3.63) is 69.8 Å². The maximum Gasteiger partial charge on any atom is 0.0838 e. The zero-order valence-corrected chi connectivity index (χ0v) is 12.2. The molecular formula is C17H19Cl. The third-order valence-corrected chi connectivity index (χ3v) is 4.02. The van der Waals surface area contributed by atoms with Crippen molar-refractivity contribution >= 4 is 11.6 Å². The minimum atomic E-state index is -0.0656. The molecule has 1 atom stereocenters. The van der Waals surface area contributed by atoms with Crippen LogP contribution < -0.4 is 0 Å². The molecule has 0 aromatic heterocycles. The van der Waals surface area contributed by atoms with Gasteiger partial charge < -0.3 is 0 Å². The molecule has 0 spiro atoms. The molecule has 0 amide bonds. The summed E-state index contributed by atoms with van der Waals surface area (Å²) in [6.45, 7) is 8.48. The van der Waals surface area contributed by atoms with Gasteiger partial charge in [0.25, 0.3) is 0 Å². The van der Waals surface area contributed by atoms with E-state index in [9.17, 15) is 0 Å². The number of rotatable bonds is 2. The number of halogens is 1. The first-order valence-electron chi connectivity index (χ1n) is 6.27. The van der Waals surface area contributed by atoms with E-state index < -0.39 is 0 Å². The molecule has 0 bridgehead atoms. The molecule has 1 heteroatoms. The number of alkyl halides is 1. The summed E-state index contributed by atoms with van der Waals surface area (Å²) in [4.78, 5) is 0. The van der Waals surface area contributed by atoms with Gasteiger partial charge in [-0.05, 0) is 55.5 Å². The average Bonchev–Trinajstić information content (AvgIpc) is 2.35. The number of aryl methyl sites for hydroxylation is 4. The fraction of sp³-hybridized carbons (Fsp3) is 0.294. The summed E-state index contributed by atoms with van der Waals surface area (Å²) < 4.78 is 0. The third-order valence-electron chi connectivity index (χ3n) is 3.53. The van der Waals surface area contributed by atoms with E-state index in [-0.39, 0.29) is 5.38 Å². The lowest BCUT2D eigenvalue weighted by Gasteiger charge is -2.15. The molecule has 0 saturated carbocycles. The Morgan fingerprint density at radius 1 is 0.778 bits per heavy atom. The molecule has 2 aromatic carbocycles. The van der Waals surface area contributed by atoms with E-state index in [0.29, 0.717) is 0 Å². The lowest BCUT2D eigenvalue weighted by molar-refractivity contribution is 1.09. The van der Waals surface area contributed by atoms with Gasteiger partial charge in [0, 0.05) is 0 Å². The second kappa shape index (κ2) is 5.16. The van der Waals surface area contributed by atoms with Gasteiger partial charge in [0.2, 0.25) is 0 Å². The average molecular weight is 259 g/mol. The molecule has 1 unspecified atom stereocenters. The summed E-state index contributed by atoms with van der Waals surface area (Å²) in [5.74, 6) is 0. The second-order valence-electron chi connectivity index (χ2n) is 5.07. The normalized spacial score (nSPS) is 12.5. The maximum atomic E-state index is 6.63. The van der Waals surface area contributed by atoms with E-state index >= 15 is 0 Å². The van der Waals surface area contributed by atoms with Crippen LogP contribution >= 0.6 is 11.6 Å². The Bertz CT molecular complexity index is 570. The zero-order valence-electron chi connectivity index (χ0n) is 11.4. The van der Waals surface area contributed by atoms with Gasteiger partial charge in [-0.2, -0.15) is 0 Å². The van der Waals surface area contributed by atoms with Crippen LogP contribution in [0.25, 0.3) is 0 Å². The maximum absolute atomic E-state index is 6.63. The summed E-state index contributed by atoms with van der Waals surface area (Å²) in [6, 6.07) is 12.9. The predicted octanol–water partition coefficient (Wildman–Crippen LogP) is 5.25. The fourth-order valence-electron chi connectivity index (χ4n) is 2.13. The fourth-order valence-corrected chi connectivity index (χ4v) is 2.51. The Balaban J connectivity index is 2.44. The van der Waals surface area contributed by atoms with Crippen molar-refractivity contribution < 1.29 is 0 Å². The third kappa shape index (κ3) is 2.59. The summed E-state index contributed by atoms with van der Waals surface area (Å²) in [5.41, 5.74) is 7.49. The largest absolute Gasteiger partial charge is 0.113 e. The molecule has 0 aliphatic carbocycles. The molecule has 2 aromatic rings. The summed E-state index contributed by atoms with van der Waals surface area (Å²) in [5, 5.41) is -0.0656.